The van der Waals surface area contributed by atoms with Crippen LogP contribution in [0.15, 0.2) is 23.0 Å². The number of hydrogen-bond donors (Lipinski definition) is 2. The van der Waals surface area contributed by atoms with Gasteiger partial charge in [0.25, 0.3) is 0 Å². The Labute approximate surface area is 144 Å². The lowest BCUT2D eigenvalue weighted by Gasteiger charge is -2.31. The molecule has 132 valence electrons. The van der Waals surface area contributed by atoms with Crippen molar-refractivity contribution in [1.29, 1.82) is 0 Å². The van der Waals surface area contributed by atoms with Gasteiger partial charge in [0.05, 0.1) is 24.7 Å². The molecule has 0 unspecified atom stereocenters. The average molecular weight is 344 g/mol. The van der Waals surface area contributed by atoms with E-state index in [-0.39, 0.29) is 6.61 Å². The average Bonchev–Trinajstić information content (AvgIpc) is 3.19. The number of amides is 1. The van der Waals surface area contributed by atoms with Gasteiger partial charge in [-0.2, -0.15) is 0 Å². The van der Waals surface area contributed by atoms with Crippen LogP contribution < -0.4 is 10.2 Å². The Morgan fingerprint density at radius 3 is 3.08 bits per heavy atom. The van der Waals surface area contributed by atoms with Crippen LogP contribution in [0.2, 0.25) is 0 Å². The van der Waals surface area contributed by atoms with Gasteiger partial charge in [-0.25, -0.2) is 0 Å². The second kappa shape index (κ2) is 6.12. The minimum Gasteiger partial charge on any atom is -0.354 e. The SMILES string of the molecule is CCNC(=O)[C@]1(O)OCCN1c1cnc2c(c1)CCCc1cnoc1-2. The van der Waals surface area contributed by atoms with E-state index in [2.05, 4.69) is 15.5 Å². The molecule has 1 amide bonds. The van der Waals surface area contributed by atoms with Crippen molar-refractivity contribution in [2.75, 3.05) is 24.6 Å². The molecular weight excluding hydrogens is 324 g/mol. The number of carbonyl (C=O) groups is 1. The van der Waals surface area contributed by atoms with Gasteiger partial charge >= 0.3 is 11.8 Å². The molecule has 1 saturated heterocycles. The zero-order valence-electron chi connectivity index (χ0n) is 14.0. The molecule has 0 spiro atoms. The van der Waals surface area contributed by atoms with Crippen molar-refractivity contribution in [3.63, 3.8) is 0 Å². The molecule has 25 heavy (non-hydrogen) atoms. The van der Waals surface area contributed by atoms with E-state index in [0.717, 1.165) is 36.1 Å². The lowest BCUT2D eigenvalue weighted by molar-refractivity contribution is -0.187. The summed E-state index contributed by atoms with van der Waals surface area (Å²) in [4.78, 5) is 18.3. The minimum atomic E-state index is -2.01. The Bertz CT molecular complexity index is 806. The van der Waals surface area contributed by atoms with Crippen LogP contribution in [-0.2, 0) is 22.4 Å². The van der Waals surface area contributed by atoms with Crippen LogP contribution in [0.1, 0.15) is 24.5 Å². The first-order valence-electron chi connectivity index (χ1n) is 8.48. The summed E-state index contributed by atoms with van der Waals surface area (Å²) in [7, 11) is 0. The number of nitrogens with zero attached hydrogens (tertiary/aromatic N) is 3. The van der Waals surface area contributed by atoms with Gasteiger partial charge in [-0.15, -0.1) is 0 Å². The molecule has 4 rings (SSSR count). The molecule has 1 aliphatic heterocycles. The van der Waals surface area contributed by atoms with E-state index in [0.29, 0.717) is 24.5 Å². The second-order valence-corrected chi connectivity index (χ2v) is 6.20. The van der Waals surface area contributed by atoms with Crippen molar-refractivity contribution in [3.05, 3.63) is 29.6 Å². The Kier molecular flexibility index (Phi) is 3.93. The van der Waals surface area contributed by atoms with Crippen LogP contribution in [0.4, 0.5) is 5.69 Å². The highest BCUT2D eigenvalue weighted by molar-refractivity contribution is 5.87. The summed E-state index contributed by atoms with van der Waals surface area (Å²) >= 11 is 0. The molecule has 0 bridgehead atoms. The number of hydrogen-bond acceptors (Lipinski definition) is 7. The molecule has 2 aromatic heterocycles. The van der Waals surface area contributed by atoms with Gasteiger partial charge in [-0.05, 0) is 37.8 Å². The Morgan fingerprint density at radius 2 is 2.24 bits per heavy atom. The number of aromatic nitrogens is 2. The standard InChI is InChI=1S/C17H20N4O4/c1-2-18-16(22)17(23)21(6-7-24-17)13-8-11-4-3-5-12-9-20-25-15(12)14(11)19-10-13/h8-10,23H,2-7H2,1H3,(H,18,22)/t17-/m0/s1. The van der Waals surface area contributed by atoms with Gasteiger partial charge in [-0.3, -0.25) is 9.78 Å². The molecule has 8 heteroatoms. The third kappa shape index (κ3) is 2.58. The first-order valence-corrected chi connectivity index (χ1v) is 8.48. The van der Waals surface area contributed by atoms with E-state index >= 15 is 0 Å². The zero-order chi connectivity index (χ0) is 17.4. The number of aryl methyl sites for hydroxylation is 2. The fraction of sp³-hybridized carbons (Fsp3) is 0.471. The summed E-state index contributed by atoms with van der Waals surface area (Å²) in [6, 6.07) is 1.94. The van der Waals surface area contributed by atoms with Crippen molar-refractivity contribution in [2.45, 2.75) is 32.1 Å². The molecule has 1 aliphatic carbocycles. The molecule has 2 N–H and O–H groups in total. The number of pyridine rings is 1. The van der Waals surface area contributed by atoms with Gasteiger partial charge in [0.2, 0.25) is 0 Å². The lowest BCUT2D eigenvalue weighted by atomic mass is 10.1. The van der Waals surface area contributed by atoms with Gasteiger partial charge < -0.3 is 24.6 Å². The highest BCUT2D eigenvalue weighted by Crippen LogP contribution is 2.35. The fourth-order valence-electron chi connectivity index (χ4n) is 3.42. The number of anilines is 1. The number of aliphatic hydroxyl groups is 1. The van der Waals surface area contributed by atoms with Crippen LogP contribution in [0.3, 0.4) is 0 Å². The van der Waals surface area contributed by atoms with E-state index in [1.807, 2.05) is 6.07 Å². The Morgan fingerprint density at radius 1 is 1.40 bits per heavy atom. The highest BCUT2D eigenvalue weighted by atomic mass is 16.7. The molecule has 0 radical (unpaired) electrons. The molecular formula is C17H20N4O4. The van der Waals surface area contributed by atoms with Crippen LogP contribution in [0.5, 0.6) is 0 Å². The molecule has 0 aromatic carbocycles. The number of nitrogens with one attached hydrogen (secondary N) is 1. The van der Waals surface area contributed by atoms with Gasteiger partial charge in [0.1, 0.15) is 5.69 Å². The van der Waals surface area contributed by atoms with E-state index in [4.69, 9.17) is 9.26 Å². The molecule has 1 fully saturated rings. The first kappa shape index (κ1) is 16.0. The maximum atomic E-state index is 12.3. The molecule has 1 atom stereocenters. The summed E-state index contributed by atoms with van der Waals surface area (Å²) in [5.74, 6) is -1.87. The summed E-state index contributed by atoms with van der Waals surface area (Å²) in [5.41, 5.74) is 3.49. The van der Waals surface area contributed by atoms with E-state index in [9.17, 15) is 9.90 Å². The first-order chi connectivity index (χ1) is 12.1. The zero-order valence-corrected chi connectivity index (χ0v) is 14.0. The Balaban J connectivity index is 1.71. The summed E-state index contributed by atoms with van der Waals surface area (Å²) in [5, 5.41) is 17.2. The number of rotatable bonds is 3. The third-order valence-electron chi connectivity index (χ3n) is 4.63. The van der Waals surface area contributed by atoms with Crippen LogP contribution in [-0.4, -0.2) is 46.8 Å². The smallest absolute Gasteiger partial charge is 0.333 e. The van der Waals surface area contributed by atoms with Crippen LogP contribution in [0, 0.1) is 0 Å². The number of ether oxygens (including phenoxy) is 1. The van der Waals surface area contributed by atoms with E-state index in [1.54, 1.807) is 19.3 Å². The predicted molar refractivity (Wildman–Crippen MR) is 88.7 cm³/mol. The normalized spacial score (nSPS) is 22.2. The maximum absolute atomic E-state index is 12.3. The lowest BCUT2D eigenvalue weighted by Crippen LogP contribution is -2.57. The number of likely N-dealkylation sites (N-methyl/N-ethyl adjacent to an activating group) is 1. The van der Waals surface area contributed by atoms with E-state index in [1.165, 1.54) is 4.90 Å². The largest absolute Gasteiger partial charge is 0.354 e. The Hall–Kier alpha value is -2.45. The van der Waals surface area contributed by atoms with Crippen molar-refractivity contribution in [3.8, 4) is 11.5 Å². The van der Waals surface area contributed by atoms with Crippen molar-refractivity contribution in [2.24, 2.45) is 0 Å². The highest BCUT2D eigenvalue weighted by Gasteiger charge is 2.48. The van der Waals surface area contributed by atoms with Gasteiger partial charge in [-0.1, -0.05) is 5.16 Å². The van der Waals surface area contributed by atoms with Crippen LogP contribution in [0.25, 0.3) is 11.5 Å². The van der Waals surface area contributed by atoms with Crippen molar-refractivity contribution >= 4 is 11.6 Å². The van der Waals surface area contributed by atoms with Crippen molar-refractivity contribution in [1.82, 2.24) is 15.5 Å². The van der Waals surface area contributed by atoms with Crippen molar-refractivity contribution < 1.29 is 19.2 Å². The molecule has 2 aromatic rings. The quantitative estimate of drug-likeness (QED) is 0.851. The van der Waals surface area contributed by atoms with Crippen LogP contribution >= 0.6 is 0 Å². The van der Waals surface area contributed by atoms with Gasteiger partial charge in [0.15, 0.2) is 5.76 Å². The fourth-order valence-corrected chi connectivity index (χ4v) is 3.42. The molecule has 2 aliphatic rings. The molecule has 3 heterocycles. The third-order valence-corrected chi connectivity index (χ3v) is 4.63. The maximum Gasteiger partial charge on any atom is 0.333 e. The second-order valence-electron chi connectivity index (χ2n) is 6.20. The summed E-state index contributed by atoms with van der Waals surface area (Å²) in [6.07, 6.45) is 6.07. The van der Waals surface area contributed by atoms with Gasteiger partial charge in [0, 0.05) is 18.7 Å². The summed E-state index contributed by atoms with van der Waals surface area (Å²) in [6.45, 7) is 2.87. The molecule has 8 nitrogen and oxygen atoms in total. The van der Waals surface area contributed by atoms with E-state index < -0.39 is 11.8 Å². The minimum absolute atomic E-state index is 0.261. The monoisotopic (exact) mass is 344 g/mol. The summed E-state index contributed by atoms with van der Waals surface area (Å²) < 4.78 is 10.7. The number of fused-ring (bicyclic) bond motifs is 3. The topological polar surface area (TPSA) is 101 Å². The number of carbonyl (C=O) groups excluding carboxylic acids is 1. The predicted octanol–water partition coefficient (Wildman–Crippen LogP) is 0.844. The molecule has 0 saturated carbocycles.